The van der Waals surface area contributed by atoms with Crippen LogP contribution in [-0.4, -0.2) is 23.5 Å². The number of nitrogens with zero attached hydrogens (tertiary/aromatic N) is 1. The molecule has 0 unspecified atom stereocenters. The fraction of sp³-hybridized carbons (Fsp3) is 0.235. The highest BCUT2D eigenvalue weighted by Gasteiger charge is 2.10. The predicted octanol–water partition coefficient (Wildman–Crippen LogP) is 3.94. The number of carbonyl (C=O) groups excluding carboxylic acids is 2. The van der Waals surface area contributed by atoms with E-state index < -0.39 is 0 Å². The van der Waals surface area contributed by atoms with Crippen LogP contribution in [0.25, 0.3) is 5.57 Å². The number of halogens is 1. The molecule has 0 bridgehead atoms. The molecule has 0 saturated carbocycles. The van der Waals surface area contributed by atoms with Crippen LogP contribution in [0, 0.1) is 0 Å². The molecule has 1 amide bonds. The molecule has 0 spiro atoms. The van der Waals surface area contributed by atoms with Gasteiger partial charge >= 0.3 is 5.97 Å². The molecular formula is C17H17ClN2O3S. The summed E-state index contributed by atoms with van der Waals surface area (Å²) in [6, 6.07) is 7.32. The largest absolute Gasteiger partial charge is 0.466 e. The number of amides is 1. The second-order valence-electron chi connectivity index (χ2n) is 4.92. The number of hydrogen-bond acceptors (Lipinski definition) is 5. The maximum atomic E-state index is 12.1. The van der Waals surface area contributed by atoms with Crippen molar-refractivity contribution in [2.24, 2.45) is 0 Å². The number of thiazole rings is 1. The average molecular weight is 365 g/mol. The van der Waals surface area contributed by atoms with E-state index >= 15 is 0 Å². The molecule has 7 heteroatoms. The van der Waals surface area contributed by atoms with Crippen LogP contribution in [-0.2, 0) is 20.7 Å². The van der Waals surface area contributed by atoms with Crippen molar-refractivity contribution in [3.8, 4) is 0 Å². The summed E-state index contributed by atoms with van der Waals surface area (Å²) in [6.45, 7) is 3.89. The summed E-state index contributed by atoms with van der Waals surface area (Å²) in [5, 5.41) is 5.42. The normalized spacial score (nSPS) is 11.2. The highest BCUT2D eigenvalue weighted by atomic mass is 35.5. The zero-order valence-corrected chi connectivity index (χ0v) is 14.9. The molecule has 0 saturated heterocycles. The quantitative estimate of drug-likeness (QED) is 0.622. The molecule has 0 aliphatic rings. The van der Waals surface area contributed by atoms with Crippen molar-refractivity contribution in [1.82, 2.24) is 4.98 Å². The van der Waals surface area contributed by atoms with Crippen molar-refractivity contribution < 1.29 is 14.3 Å². The topological polar surface area (TPSA) is 68.3 Å². The summed E-state index contributed by atoms with van der Waals surface area (Å²) in [5.41, 5.74) is 2.12. The summed E-state index contributed by atoms with van der Waals surface area (Å²) in [7, 11) is 0. The van der Waals surface area contributed by atoms with E-state index in [0.29, 0.717) is 22.5 Å². The number of allylic oxidation sites excluding steroid dienone is 1. The molecule has 0 aliphatic heterocycles. The van der Waals surface area contributed by atoms with Gasteiger partial charge in [0.25, 0.3) is 0 Å². The number of anilines is 1. The van der Waals surface area contributed by atoms with Gasteiger partial charge in [0.15, 0.2) is 5.13 Å². The van der Waals surface area contributed by atoms with Crippen LogP contribution in [0.2, 0.25) is 5.02 Å². The Morgan fingerprint density at radius 2 is 2.12 bits per heavy atom. The van der Waals surface area contributed by atoms with E-state index in [0.717, 1.165) is 11.1 Å². The Balaban J connectivity index is 2.00. The van der Waals surface area contributed by atoms with Gasteiger partial charge < -0.3 is 4.74 Å². The monoisotopic (exact) mass is 364 g/mol. The molecule has 1 aromatic heterocycles. The second-order valence-corrected chi connectivity index (χ2v) is 6.19. The number of esters is 1. The van der Waals surface area contributed by atoms with Crippen LogP contribution in [0.4, 0.5) is 5.13 Å². The van der Waals surface area contributed by atoms with Gasteiger partial charge in [0.05, 0.1) is 18.7 Å². The van der Waals surface area contributed by atoms with Gasteiger partial charge in [0, 0.05) is 16.5 Å². The van der Waals surface area contributed by atoms with Crippen LogP contribution in [0.3, 0.4) is 0 Å². The third-order valence-corrected chi connectivity index (χ3v) is 4.20. The number of rotatable bonds is 6. The van der Waals surface area contributed by atoms with Gasteiger partial charge in [-0.1, -0.05) is 29.8 Å². The van der Waals surface area contributed by atoms with Gasteiger partial charge in [0.1, 0.15) is 0 Å². The molecule has 0 atom stereocenters. The van der Waals surface area contributed by atoms with Crippen molar-refractivity contribution in [1.29, 1.82) is 0 Å². The Morgan fingerprint density at radius 1 is 1.38 bits per heavy atom. The van der Waals surface area contributed by atoms with Crippen LogP contribution in [0.1, 0.15) is 25.1 Å². The maximum absolute atomic E-state index is 12.1. The number of hydrogen-bond donors (Lipinski definition) is 1. The summed E-state index contributed by atoms with van der Waals surface area (Å²) in [4.78, 5) is 27.7. The van der Waals surface area contributed by atoms with E-state index in [9.17, 15) is 9.59 Å². The third-order valence-electron chi connectivity index (χ3n) is 3.06. The summed E-state index contributed by atoms with van der Waals surface area (Å²) in [6.07, 6.45) is 1.56. The number of carbonyl (C=O) groups is 2. The molecule has 2 rings (SSSR count). The first-order chi connectivity index (χ1) is 11.5. The number of benzene rings is 1. The van der Waals surface area contributed by atoms with E-state index in [4.69, 9.17) is 16.3 Å². The molecule has 1 heterocycles. The fourth-order valence-corrected chi connectivity index (χ4v) is 3.00. The van der Waals surface area contributed by atoms with E-state index in [-0.39, 0.29) is 18.3 Å². The Bertz CT molecular complexity index is 771. The Morgan fingerprint density at radius 3 is 2.83 bits per heavy atom. The summed E-state index contributed by atoms with van der Waals surface area (Å²) >= 11 is 7.37. The molecule has 24 heavy (non-hydrogen) atoms. The van der Waals surface area contributed by atoms with Gasteiger partial charge in [-0.25, -0.2) is 4.98 Å². The zero-order valence-electron chi connectivity index (χ0n) is 13.3. The number of aromatic nitrogens is 1. The van der Waals surface area contributed by atoms with Gasteiger partial charge in [-0.15, -0.1) is 11.3 Å². The van der Waals surface area contributed by atoms with Crippen molar-refractivity contribution in [3.63, 3.8) is 0 Å². The highest BCUT2D eigenvalue weighted by molar-refractivity contribution is 7.14. The fourth-order valence-electron chi connectivity index (χ4n) is 2.00. The minimum absolute atomic E-state index is 0.0920. The minimum Gasteiger partial charge on any atom is -0.466 e. The molecule has 1 aromatic carbocycles. The van der Waals surface area contributed by atoms with Crippen LogP contribution in [0.5, 0.6) is 0 Å². The zero-order chi connectivity index (χ0) is 17.5. The first-order valence-corrected chi connectivity index (χ1v) is 8.59. The molecule has 5 nitrogen and oxygen atoms in total. The van der Waals surface area contributed by atoms with Crippen molar-refractivity contribution >= 4 is 45.5 Å². The molecule has 126 valence electrons. The van der Waals surface area contributed by atoms with Crippen LogP contribution >= 0.6 is 22.9 Å². The Hall–Kier alpha value is -2.18. The first-order valence-electron chi connectivity index (χ1n) is 7.33. The first kappa shape index (κ1) is 18.2. The van der Waals surface area contributed by atoms with Gasteiger partial charge in [0.2, 0.25) is 5.91 Å². The standard InChI is InChI=1S/C17H17ClN2O3S/c1-3-23-16(22)9-12-10-24-17(19-12)20-15(21)8-11(2)13-6-4-5-7-14(13)18/h4-8,10H,3,9H2,1-2H3,(H,19,20,21). The SMILES string of the molecule is CCOC(=O)Cc1csc(NC(=O)C=C(C)c2ccccc2Cl)n1. The van der Waals surface area contributed by atoms with Crippen LogP contribution in [0.15, 0.2) is 35.7 Å². The predicted molar refractivity (Wildman–Crippen MR) is 96.2 cm³/mol. The van der Waals surface area contributed by atoms with Crippen molar-refractivity contribution in [2.45, 2.75) is 20.3 Å². The molecule has 0 radical (unpaired) electrons. The minimum atomic E-state index is -0.338. The van der Waals surface area contributed by atoms with Gasteiger partial charge in [-0.2, -0.15) is 0 Å². The lowest BCUT2D eigenvalue weighted by Gasteiger charge is -2.04. The third kappa shape index (κ3) is 5.18. The Kier molecular flexibility index (Phi) is 6.52. The summed E-state index contributed by atoms with van der Waals surface area (Å²) in [5.74, 6) is -0.639. The molecule has 0 aliphatic carbocycles. The average Bonchev–Trinajstić information content (AvgIpc) is 2.94. The lowest BCUT2D eigenvalue weighted by Crippen LogP contribution is -2.10. The van der Waals surface area contributed by atoms with E-state index in [1.54, 1.807) is 18.4 Å². The Labute approximate surface area is 149 Å². The number of ether oxygens (including phenoxy) is 1. The van der Waals surface area contributed by atoms with Gasteiger partial charge in [-0.3, -0.25) is 14.9 Å². The van der Waals surface area contributed by atoms with Crippen molar-refractivity contribution in [2.75, 3.05) is 11.9 Å². The van der Waals surface area contributed by atoms with Gasteiger partial charge in [-0.05, 0) is 31.1 Å². The number of nitrogens with one attached hydrogen (secondary N) is 1. The maximum Gasteiger partial charge on any atom is 0.311 e. The summed E-state index contributed by atoms with van der Waals surface area (Å²) < 4.78 is 4.87. The van der Waals surface area contributed by atoms with E-state index in [1.165, 1.54) is 17.4 Å². The smallest absolute Gasteiger partial charge is 0.311 e. The van der Waals surface area contributed by atoms with Crippen LogP contribution < -0.4 is 5.32 Å². The lowest BCUT2D eigenvalue weighted by atomic mass is 10.1. The molecular weight excluding hydrogens is 348 g/mol. The lowest BCUT2D eigenvalue weighted by molar-refractivity contribution is -0.142. The second kappa shape index (κ2) is 8.61. The van der Waals surface area contributed by atoms with E-state index in [2.05, 4.69) is 10.3 Å². The molecule has 1 N–H and O–H groups in total. The molecule has 2 aromatic rings. The highest BCUT2D eigenvalue weighted by Crippen LogP contribution is 2.23. The van der Waals surface area contributed by atoms with E-state index in [1.807, 2.05) is 25.1 Å². The molecule has 0 fully saturated rings. The van der Waals surface area contributed by atoms with Crippen molar-refractivity contribution in [3.05, 3.63) is 52.0 Å².